The van der Waals surface area contributed by atoms with Crippen LogP contribution >= 0.6 is 0 Å². The topological polar surface area (TPSA) is 72.6 Å². The Morgan fingerprint density at radius 1 is 1.28 bits per heavy atom. The zero-order valence-corrected chi connectivity index (χ0v) is 16.5. The molecule has 1 fully saturated rings. The number of nitrogens with zero attached hydrogens (tertiary/aromatic N) is 2. The predicted molar refractivity (Wildman–Crippen MR) is 109 cm³/mol. The van der Waals surface area contributed by atoms with Crippen LogP contribution in [0.15, 0.2) is 58.0 Å². The van der Waals surface area contributed by atoms with Crippen molar-refractivity contribution in [1.82, 2.24) is 9.88 Å². The summed E-state index contributed by atoms with van der Waals surface area (Å²) >= 11 is 0. The number of likely N-dealkylation sites (tertiary alicyclic amines) is 1. The molecule has 1 aliphatic heterocycles. The molecule has 6 heteroatoms. The van der Waals surface area contributed by atoms with Crippen molar-refractivity contribution in [2.75, 3.05) is 6.54 Å². The lowest BCUT2D eigenvalue weighted by atomic mass is 10.0. The quantitative estimate of drug-likeness (QED) is 0.488. The van der Waals surface area contributed by atoms with Gasteiger partial charge in [0.05, 0.1) is 0 Å². The Bertz CT molecular complexity index is 1060. The average Bonchev–Trinajstić information content (AvgIpc) is 2.72. The van der Waals surface area contributed by atoms with Crippen LogP contribution in [0.5, 0.6) is 0 Å². The summed E-state index contributed by atoms with van der Waals surface area (Å²) in [5.74, 6) is -0.248. The van der Waals surface area contributed by atoms with Crippen molar-refractivity contribution in [2.24, 2.45) is 0 Å². The van der Waals surface area contributed by atoms with Crippen LogP contribution in [0, 0.1) is 6.92 Å². The third kappa shape index (κ3) is 4.54. The van der Waals surface area contributed by atoms with E-state index in [1.807, 2.05) is 43.5 Å². The average molecular weight is 392 g/mol. The van der Waals surface area contributed by atoms with Gasteiger partial charge in [-0.05, 0) is 49.6 Å². The number of rotatable bonds is 5. The van der Waals surface area contributed by atoms with E-state index in [0.29, 0.717) is 17.7 Å². The van der Waals surface area contributed by atoms with Crippen molar-refractivity contribution >= 4 is 16.9 Å². The normalized spacial score (nSPS) is 17.3. The molecule has 0 spiro atoms. The highest BCUT2D eigenvalue weighted by molar-refractivity contribution is 5.81. The molecule has 1 saturated heterocycles. The van der Waals surface area contributed by atoms with Gasteiger partial charge in [0.25, 0.3) is 0 Å². The highest BCUT2D eigenvalue weighted by Crippen LogP contribution is 2.23. The fraction of sp³-hybridized carbons (Fsp3) is 0.348. The molecule has 0 amide bonds. The predicted octanol–water partition coefficient (Wildman–Crippen LogP) is 3.59. The first kappa shape index (κ1) is 19.3. The molecule has 1 atom stereocenters. The first-order valence-electron chi connectivity index (χ1n) is 9.93. The van der Waals surface area contributed by atoms with E-state index in [-0.39, 0.29) is 18.6 Å². The summed E-state index contributed by atoms with van der Waals surface area (Å²) in [6, 6.07) is 10.7. The van der Waals surface area contributed by atoms with E-state index in [1.165, 1.54) is 6.07 Å². The van der Waals surface area contributed by atoms with E-state index >= 15 is 0 Å². The Hall–Kier alpha value is -2.99. The minimum Gasteiger partial charge on any atom is -0.460 e. The number of aryl methyl sites for hydroxylation is 1. The summed E-state index contributed by atoms with van der Waals surface area (Å²) in [6.45, 7) is 3.52. The van der Waals surface area contributed by atoms with E-state index in [0.717, 1.165) is 42.3 Å². The van der Waals surface area contributed by atoms with Crippen LogP contribution in [0.1, 0.15) is 36.0 Å². The molecule has 2 aromatic heterocycles. The van der Waals surface area contributed by atoms with E-state index < -0.39 is 5.63 Å². The second kappa shape index (κ2) is 8.57. The maximum absolute atomic E-state index is 12.9. The second-order valence-corrected chi connectivity index (χ2v) is 7.54. The van der Waals surface area contributed by atoms with Crippen molar-refractivity contribution in [2.45, 2.75) is 45.4 Å². The van der Waals surface area contributed by atoms with Crippen molar-refractivity contribution < 1.29 is 13.9 Å². The van der Waals surface area contributed by atoms with E-state index in [9.17, 15) is 9.59 Å². The molecule has 1 aliphatic rings. The van der Waals surface area contributed by atoms with E-state index in [1.54, 1.807) is 6.20 Å². The molecule has 3 aromatic rings. The smallest absolute Gasteiger partial charge is 0.336 e. The first-order valence-corrected chi connectivity index (χ1v) is 9.93. The molecule has 3 heterocycles. The standard InChI is InChI=1S/C23H24N2O4/c1-16-7-8-19-18(12-22(26)29-21(19)11-16)15-28-23(27)20-6-2-3-10-25(20)14-17-5-4-9-24-13-17/h4-5,7-9,11-13,20H,2-3,6,10,14-15H2,1H3/t20-/m0/s1. The molecule has 1 aromatic carbocycles. The zero-order valence-electron chi connectivity index (χ0n) is 16.5. The second-order valence-electron chi connectivity index (χ2n) is 7.54. The lowest BCUT2D eigenvalue weighted by Gasteiger charge is -2.33. The number of hydrogen-bond acceptors (Lipinski definition) is 6. The molecule has 150 valence electrons. The van der Waals surface area contributed by atoms with Crippen molar-refractivity contribution in [3.63, 3.8) is 0 Å². The Balaban J connectivity index is 1.48. The third-order valence-electron chi connectivity index (χ3n) is 5.35. The van der Waals surface area contributed by atoms with Gasteiger partial charge in [0.15, 0.2) is 0 Å². The van der Waals surface area contributed by atoms with Gasteiger partial charge in [-0.25, -0.2) is 4.79 Å². The number of benzene rings is 1. The number of piperidine rings is 1. The number of ether oxygens (including phenoxy) is 1. The number of fused-ring (bicyclic) bond motifs is 1. The van der Waals surface area contributed by atoms with Crippen LogP contribution in [-0.4, -0.2) is 28.4 Å². The van der Waals surface area contributed by atoms with Crippen LogP contribution in [0.4, 0.5) is 0 Å². The van der Waals surface area contributed by atoms with Gasteiger partial charge in [-0.2, -0.15) is 0 Å². The molecule has 0 bridgehead atoms. The highest BCUT2D eigenvalue weighted by Gasteiger charge is 2.30. The van der Waals surface area contributed by atoms with Crippen LogP contribution in [0.3, 0.4) is 0 Å². The number of carbonyl (C=O) groups excluding carboxylic acids is 1. The van der Waals surface area contributed by atoms with Gasteiger partial charge in [0.1, 0.15) is 18.2 Å². The Labute approximate surface area is 169 Å². The van der Waals surface area contributed by atoms with Gasteiger partial charge in [0.2, 0.25) is 0 Å². The molecule has 0 saturated carbocycles. The van der Waals surface area contributed by atoms with Crippen LogP contribution in [-0.2, 0) is 22.7 Å². The largest absolute Gasteiger partial charge is 0.460 e. The Kier molecular flexibility index (Phi) is 5.71. The molecule has 4 rings (SSSR count). The van der Waals surface area contributed by atoms with Crippen molar-refractivity contribution in [1.29, 1.82) is 0 Å². The van der Waals surface area contributed by atoms with Crippen LogP contribution in [0.25, 0.3) is 11.0 Å². The SMILES string of the molecule is Cc1ccc2c(COC(=O)[C@@H]3CCCCN3Cc3cccnc3)cc(=O)oc2c1. The van der Waals surface area contributed by atoms with Crippen LogP contribution < -0.4 is 5.63 Å². The van der Waals surface area contributed by atoms with Crippen molar-refractivity contribution in [3.8, 4) is 0 Å². The molecular formula is C23H24N2O4. The maximum atomic E-state index is 12.9. The van der Waals surface area contributed by atoms with E-state index in [4.69, 9.17) is 9.15 Å². The molecule has 0 N–H and O–H groups in total. The van der Waals surface area contributed by atoms with Gasteiger partial charge in [0, 0.05) is 36.0 Å². The highest BCUT2D eigenvalue weighted by atomic mass is 16.5. The minimum absolute atomic E-state index is 0.0568. The number of aromatic nitrogens is 1. The molecular weight excluding hydrogens is 368 g/mol. The fourth-order valence-electron chi connectivity index (χ4n) is 3.87. The van der Waals surface area contributed by atoms with Crippen LogP contribution in [0.2, 0.25) is 0 Å². The molecule has 0 aliphatic carbocycles. The number of carbonyl (C=O) groups is 1. The summed E-state index contributed by atoms with van der Waals surface area (Å²) in [5.41, 5.74) is 2.82. The lowest BCUT2D eigenvalue weighted by molar-refractivity contribution is -0.153. The number of pyridine rings is 1. The maximum Gasteiger partial charge on any atom is 0.336 e. The number of esters is 1. The van der Waals surface area contributed by atoms with Gasteiger partial charge in [-0.15, -0.1) is 0 Å². The molecule has 29 heavy (non-hydrogen) atoms. The number of hydrogen-bond donors (Lipinski definition) is 0. The minimum atomic E-state index is -0.440. The van der Waals surface area contributed by atoms with Gasteiger partial charge < -0.3 is 9.15 Å². The fourth-order valence-corrected chi connectivity index (χ4v) is 3.87. The van der Waals surface area contributed by atoms with Crippen molar-refractivity contribution in [3.05, 3.63) is 75.9 Å². The van der Waals surface area contributed by atoms with E-state index in [2.05, 4.69) is 9.88 Å². The van der Waals surface area contributed by atoms with Gasteiger partial charge in [-0.3, -0.25) is 14.7 Å². The summed E-state index contributed by atoms with van der Waals surface area (Å²) < 4.78 is 10.9. The summed E-state index contributed by atoms with van der Waals surface area (Å²) in [7, 11) is 0. The Morgan fingerprint density at radius 3 is 3.00 bits per heavy atom. The third-order valence-corrected chi connectivity index (χ3v) is 5.35. The van der Waals surface area contributed by atoms with Gasteiger partial charge in [-0.1, -0.05) is 24.6 Å². The summed E-state index contributed by atoms with van der Waals surface area (Å²) in [6.07, 6.45) is 6.41. The molecule has 6 nitrogen and oxygen atoms in total. The zero-order chi connectivity index (χ0) is 20.2. The Morgan fingerprint density at radius 2 is 2.17 bits per heavy atom. The summed E-state index contributed by atoms with van der Waals surface area (Å²) in [4.78, 5) is 31.1. The summed E-state index contributed by atoms with van der Waals surface area (Å²) in [5, 5.41) is 0.791. The molecule has 0 radical (unpaired) electrons. The first-order chi connectivity index (χ1) is 14.1. The molecule has 0 unspecified atom stereocenters. The lowest BCUT2D eigenvalue weighted by Crippen LogP contribution is -2.44. The van der Waals surface area contributed by atoms with Gasteiger partial charge >= 0.3 is 11.6 Å². The monoisotopic (exact) mass is 392 g/mol.